The Labute approximate surface area is 116 Å². The number of hydrogen-bond acceptors (Lipinski definition) is 6. The topological polar surface area (TPSA) is 89.3 Å². The summed E-state index contributed by atoms with van der Waals surface area (Å²) in [6, 6.07) is 13.9. The fraction of sp³-hybridized carbons (Fsp3) is 0.143. The molecule has 0 spiro atoms. The first-order valence-corrected chi connectivity index (χ1v) is 6.07. The molecule has 0 aliphatic carbocycles. The minimum Gasteiger partial charge on any atom is -0.467 e. The minimum atomic E-state index is -0.623. The summed E-state index contributed by atoms with van der Waals surface area (Å²) in [5.74, 6) is 5.96. The molecule has 0 aliphatic heterocycles. The minimum absolute atomic E-state index is 0.385. The van der Waals surface area contributed by atoms with E-state index in [2.05, 4.69) is 15.7 Å². The second kappa shape index (κ2) is 6.53. The van der Waals surface area contributed by atoms with Gasteiger partial charge in [-0.2, -0.15) is 0 Å². The first-order chi connectivity index (χ1) is 9.74. The van der Waals surface area contributed by atoms with Crippen molar-refractivity contribution in [3.05, 3.63) is 54.1 Å². The molecule has 0 amide bonds. The molecule has 1 aromatic carbocycles. The number of carbonyl (C=O) groups excluding carboxylic acids is 1. The zero-order valence-electron chi connectivity index (χ0n) is 11.0. The van der Waals surface area contributed by atoms with Gasteiger partial charge in [-0.1, -0.05) is 36.4 Å². The van der Waals surface area contributed by atoms with E-state index in [9.17, 15) is 4.79 Å². The number of esters is 1. The van der Waals surface area contributed by atoms with Gasteiger partial charge < -0.3 is 15.5 Å². The Kier molecular flexibility index (Phi) is 4.52. The van der Waals surface area contributed by atoms with Gasteiger partial charge in [0.25, 0.3) is 0 Å². The van der Waals surface area contributed by atoms with Crippen molar-refractivity contribution in [1.29, 1.82) is 0 Å². The molecule has 104 valence electrons. The summed E-state index contributed by atoms with van der Waals surface area (Å²) in [6.45, 7) is 0. The van der Waals surface area contributed by atoms with Crippen LogP contribution in [0.15, 0.2) is 48.5 Å². The molecule has 20 heavy (non-hydrogen) atoms. The molecule has 2 rings (SSSR count). The zero-order chi connectivity index (χ0) is 14.4. The molecule has 4 N–H and O–H groups in total. The normalized spacial score (nSPS) is 11.5. The van der Waals surface area contributed by atoms with Crippen molar-refractivity contribution < 1.29 is 9.53 Å². The third-order valence-electron chi connectivity index (χ3n) is 2.76. The molecule has 1 unspecified atom stereocenters. The maximum absolute atomic E-state index is 11.9. The van der Waals surface area contributed by atoms with Gasteiger partial charge in [-0.25, -0.2) is 15.6 Å². The van der Waals surface area contributed by atoms with Crippen LogP contribution >= 0.6 is 0 Å². The monoisotopic (exact) mass is 272 g/mol. The Bertz CT molecular complexity index is 574. The van der Waals surface area contributed by atoms with Gasteiger partial charge in [0.15, 0.2) is 6.04 Å². The first kappa shape index (κ1) is 13.8. The van der Waals surface area contributed by atoms with Gasteiger partial charge >= 0.3 is 5.97 Å². The Hall–Kier alpha value is -2.60. The van der Waals surface area contributed by atoms with E-state index in [1.54, 1.807) is 18.2 Å². The molecule has 0 saturated carbocycles. The number of ether oxygens (including phenoxy) is 1. The molecular weight excluding hydrogens is 256 g/mol. The van der Waals surface area contributed by atoms with Crippen LogP contribution in [0.5, 0.6) is 0 Å². The number of nitrogens with one attached hydrogen (secondary N) is 2. The number of nitrogens with zero attached hydrogens (tertiary/aromatic N) is 1. The van der Waals surface area contributed by atoms with Gasteiger partial charge in [-0.05, 0) is 17.7 Å². The highest BCUT2D eigenvalue weighted by atomic mass is 16.5. The van der Waals surface area contributed by atoms with Gasteiger partial charge in [-0.3, -0.25) is 0 Å². The molecule has 2 aromatic rings. The number of benzene rings is 1. The summed E-state index contributed by atoms with van der Waals surface area (Å²) in [4.78, 5) is 16.1. The molecule has 6 nitrogen and oxygen atoms in total. The summed E-state index contributed by atoms with van der Waals surface area (Å²) < 4.78 is 4.83. The van der Waals surface area contributed by atoms with Crippen molar-refractivity contribution in [2.75, 3.05) is 17.9 Å². The molecular formula is C14H16N4O2. The number of nitrogens with two attached hydrogens (primary N) is 1. The third kappa shape index (κ3) is 3.24. The molecule has 1 atom stereocenters. The van der Waals surface area contributed by atoms with E-state index >= 15 is 0 Å². The number of anilines is 2. The number of rotatable bonds is 5. The van der Waals surface area contributed by atoms with Crippen LogP contribution in [-0.2, 0) is 9.53 Å². The van der Waals surface area contributed by atoms with E-state index in [1.165, 1.54) is 7.11 Å². The van der Waals surface area contributed by atoms with Crippen molar-refractivity contribution in [3.8, 4) is 0 Å². The highest BCUT2D eigenvalue weighted by molar-refractivity contribution is 5.80. The Morgan fingerprint density at radius 2 is 1.85 bits per heavy atom. The maximum Gasteiger partial charge on any atom is 0.333 e. The summed E-state index contributed by atoms with van der Waals surface area (Å²) in [5.41, 5.74) is 3.25. The van der Waals surface area contributed by atoms with Gasteiger partial charge in [0.1, 0.15) is 11.6 Å². The lowest BCUT2D eigenvalue weighted by molar-refractivity contribution is -0.141. The average molecular weight is 272 g/mol. The summed E-state index contributed by atoms with van der Waals surface area (Å²) in [7, 11) is 1.35. The lowest BCUT2D eigenvalue weighted by Crippen LogP contribution is -2.23. The number of aromatic nitrogens is 1. The van der Waals surface area contributed by atoms with Crippen molar-refractivity contribution >= 4 is 17.6 Å². The average Bonchev–Trinajstić information content (AvgIpc) is 2.53. The SMILES string of the molecule is COC(=O)C(Nc1cccc(NN)n1)c1ccccc1. The third-order valence-corrected chi connectivity index (χ3v) is 2.76. The molecule has 0 fully saturated rings. The lowest BCUT2D eigenvalue weighted by atomic mass is 10.1. The molecule has 0 saturated heterocycles. The molecule has 0 aliphatic rings. The number of nitrogen functional groups attached to an aromatic ring is 1. The smallest absolute Gasteiger partial charge is 0.333 e. The van der Waals surface area contributed by atoms with E-state index in [0.717, 1.165) is 5.56 Å². The molecule has 0 radical (unpaired) electrons. The largest absolute Gasteiger partial charge is 0.467 e. The van der Waals surface area contributed by atoms with Crippen LogP contribution < -0.4 is 16.6 Å². The van der Waals surface area contributed by atoms with Crippen molar-refractivity contribution in [3.63, 3.8) is 0 Å². The predicted molar refractivity (Wildman–Crippen MR) is 76.9 cm³/mol. The van der Waals surface area contributed by atoms with Crippen LogP contribution in [0.25, 0.3) is 0 Å². The van der Waals surface area contributed by atoms with Crippen LogP contribution in [0.3, 0.4) is 0 Å². The van der Waals surface area contributed by atoms with Crippen LogP contribution in [0, 0.1) is 0 Å². The maximum atomic E-state index is 11.9. The highest BCUT2D eigenvalue weighted by Crippen LogP contribution is 2.20. The Balaban J connectivity index is 2.26. The molecule has 0 bridgehead atoms. The number of methoxy groups -OCH3 is 1. The van der Waals surface area contributed by atoms with E-state index in [-0.39, 0.29) is 5.97 Å². The number of carbonyl (C=O) groups is 1. The fourth-order valence-electron chi connectivity index (χ4n) is 1.79. The van der Waals surface area contributed by atoms with Gasteiger partial charge in [0.05, 0.1) is 7.11 Å². The zero-order valence-corrected chi connectivity index (χ0v) is 11.0. The summed E-state index contributed by atoms with van der Waals surface area (Å²) in [6.07, 6.45) is 0. The van der Waals surface area contributed by atoms with E-state index in [0.29, 0.717) is 11.6 Å². The Morgan fingerprint density at radius 1 is 1.15 bits per heavy atom. The molecule has 1 heterocycles. The van der Waals surface area contributed by atoms with Gasteiger partial charge in [-0.15, -0.1) is 0 Å². The number of hydrazine groups is 1. The first-order valence-electron chi connectivity index (χ1n) is 6.07. The number of pyridine rings is 1. The van der Waals surface area contributed by atoms with Crippen molar-refractivity contribution in [2.24, 2.45) is 5.84 Å². The quantitative estimate of drug-likeness (QED) is 0.436. The lowest BCUT2D eigenvalue weighted by Gasteiger charge is -2.17. The molecule has 1 aromatic heterocycles. The van der Waals surface area contributed by atoms with E-state index in [4.69, 9.17) is 10.6 Å². The summed E-state index contributed by atoms with van der Waals surface area (Å²) in [5, 5.41) is 3.04. The predicted octanol–water partition coefficient (Wildman–Crippen LogP) is 1.69. The second-order valence-electron chi connectivity index (χ2n) is 4.06. The van der Waals surface area contributed by atoms with E-state index < -0.39 is 6.04 Å². The highest BCUT2D eigenvalue weighted by Gasteiger charge is 2.21. The van der Waals surface area contributed by atoms with Crippen LogP contribution in [0.4, 0.5) is 11.6 Å². The second-order valence-corrected chi connectivity index (χ2v) is 4.06. The van der Waals surface area contributed by atoms with Crippen LogP contribution in [0.2, 0.25) is 0 Å². The van der Waals surface area contributed by atoms with Crippen LogP contribution in [0.1, 0.15) is 11.6 Å². The fourth-order valence-corrected chi connectivity index (χ4v) is 1.79. The van der Waals surface area contributed by atoms with E-state index in [1.807, 2.05) is 30.3 Å². The summed E-state index contributed by atoms with van der Waals surface area (Å²) >= 11 is 0. The van der Waals surface area contributed by atoms with Crippen molar-refractivity contribution in [2.45, 2.75) is 6.04 Å². The van der Waals surface area contributed by atoms with Crippen molar-refractivity contribution in [1.82, 2.24) is 4.98 Å². The van der Waals surface area contributed by atoms with Crippen LogP contribution in [-0.4, -0.2) is 18.1 Å². The standard InChI is InChI=1S/C14H16N4O2/c1-20-14(19)13(10-6-3-2-4-7-10)17-11-8-5-9-12(16-11)18-15/h2-9,13H,15H2,1H3,(H2,16,17,18). The van der Waals surface area contributed by atoms with Gasteiger partial charge in [0.2, 0.25) is 0 Å². The Morgan fingerprint density at radius 3 is 2.50 bits per heavy atom. The number of hydrogen-bond donors (Lipinski definition) is 3. The van der Waals surface area contributed by atoms with Gasteiger partial charge in [0, 0.05) is 0 Å². The molecule has 6 heteroatoms.